The molecule has 0 spiro atoms. The number of hydrazine groups is 1. The number of nitrogens with one attached hydrogen (secondary N) is 1. The van der Waals surface area contributed by atoms with Crippen LogP contribution in [0.5, 0.6) is 0 Å². The lowest BCUT2D eigenvalue weighted by molar-refractivity contribution is -0.135. The van der Waals surface area contributed by atoms with Crippen LogP contribution in [0.25, 0.3) is 0 Å². The highest BCUT2D eigenvalue weighted by Gasteiger charge is 2.44. The zero-order chi connectivity index (χ0) is 13.9. The van der Waals surface area contributed by atoms with Crippen molar-refractivity contribution in [3.63, 3.8) is 0 Å². The lowest BCUT2D eigenvalue weighted by Gasteiger charge is -2.49. The Balaban J connectivity index is 2.03. The van der Waals surface area contributed by atoms with E-state index in [4.69, 9.17) is 5.84 Å². The molecule has 1 aliphatic carbocycles. The highest BCUT2D eigenvalue weighted by Crippen LogP contribution is 2.40. The van der Waals surface area contributed by atoms with Gasteiger partial charge in [-0.2, -0.15) is 0 Å². The van der Waals surface area contributed by atoms with E-state index < -0.39 is 5.60 Å². The molecular weight excluding hydrogens is 242 g/mol. The summed E-state index contributed by atoms with van der Waals surface area (Å²) in [4.78, 5) is 14.1. The Kier molecular flexibility index (Phi) is 4.81. The van der Waals surface area contributed by atoms with Gasteiger partial charge >= 0.3 is 0 Å². The Morgan fingerprint density at radius 3 is 3.00 bits per heavy atom. The zero-order valence-corrected chi connectivity index (χ0v) is 11.9. The molecular formula is C14H27N3O2. The fourth-order valence-electron chi connectivity index (χ4n) is 3.73. The standard InChI is InChI=1S/C14H27N3O2/c1-2-5-12(13(18)16-15)17-9-8-14(19)7-4-3-6-11(14)10-17/h11-12,19H,2-10,15H2,1H3,(H,16,18). The van der Waals surface area contributed by atoms with Crippen LogP contribution in [-0.4, -0.2) is 40.6 Å². The van der Waals surface area contributed by atoms with Crippen molar-refractivity contribution in [3.05, 3.63) is 0 Å². The summed E-state index contributed by atoms with van der Waals surface area (Å²) in [6, 6.07) is -0.138. The van der Waals surface area contributed by atoms with Crippen LogP contribution in [0.15, 0.2) is 0 Å². The molecule has 1 aliphatic heterocycles. The molecule has 0 aromatic rings. The van der Waals surface area contributed by atoms with Crippen molar-refractivity contribution in [1.29, 1.82) is 0 Å². The maximum Gasteiger partial charge on any atom is 0.251 e. The normalized spacial score (nSPS) is 33.5. The third-order valence-electron chi connectivity index (χ3n) is 4.91. The molecule has 2 rings (SSSR count). The molecule has 0 radical (unpaired) electrons. The van der Waals surface area contributed by atoms with E-state index in [2.05, 4.69) is 17.2 Å². The molecule has 2 aliphatic rings. The number of likely N-dealkylation sites (tertiary alicyclic amines) is 1. The smallest absolute Gasteiger partial charge is 0.251 e. The molecule has 3 atom stereocenters. The van der Waals surface area contributed by atoms with Gasteiger partial charge in [-0.3, -0.25) is 15.1 Å². The molecule has 5 heteroatoms. The van der Waals surface area contributed by atoms with Crippen LogP contribution < -0.4 is 11.3 Å². The molecule has 1 saturated carbocycles. The van der Waals surface area contributed by atoms with E-state index in [0.717, 1.165) is 51.6 Å². The second-order valence-electron chi connectivity index (χ2n) is 6.10. The van der Waals surface area contributed by atoms with Crippen molar-refractivity contribution in [2.75, 3.05) is 13.1 Å². The molecule has 0 aromatic heterocycles. The fourth-order valence-corrected chi connectivity index (χ4v) is 3.73. The summed E-state index contributed by atoms with van der Waals surface area (Å²) in [5.41, 5.74) is 1.80. The molecule has 0 aromatic carbocycles. The van der Waals surface area contributed by atoms with Crippen LogP contribution in [0.3, 0.4) is 0 Å². The third kappa shape index (κ3) is 3.09. The molecule has 1 heterocycles. The van der Waals surface area contributed by atoms with Crippen molar-refractivity contribution in [1.82, 2.24) is 10.3 Å². The van der Waals surface area contributed by atoms with Gasteiger partial charge in [0, 0.05) is 19.0 Å². The summed E-state index contributed by atoms with van der Waals surface area (Å²) in [6.45, 7) is 3.71. The molecule has 1 saturated heterocycles. The maximum atomic E-state index is 11.9. The molecule has 0 bridgehead atoms. The van der Waals surface area contributed by atoms with Crippen LogP contribution >= 0.6 is 0 Å². The predicted octanol–water partition coefficient (Wildman–Crippen LogP) is 0.772. The summed E-state index contributed by atoms with van der Waals surface area (Å²) in [5.74, 6) is 5.52. The second-order valence-corrected chi connectivity index (χ2v) is 6.10. The van der Waals surface area contributed by atoms with E-state index in [1.807, 2.05) is 0 Å². The van der Waals surface area contributed by atoms with Crippen molar-refractivity contribution in [2.45, 2.75) is 63.5 Å². The molecule has 1 amide bonds. The summed E-state index contributed by atoms with van der Waals surface area (Å²) < 4.78 is 0. The highest BCUT2D eigenvalue weighted by molar-refractivity contribution is 5.81. The number of amides is 1. The van der Waals surface area contributed by atoms with Crippen LogP contribution in [-0.2, 0) is 4.79 Å². The summed E-state index contributed by atoms with van der Waals surface area (Å²) in [5, 5.41) is 10.7. The van der Waals surface area contributed by atoms with Crippen molar-refractivity contribution in [2.24, 2.45) is 11.8 Å². The number of aliphatic hydroxyl groups is 1. The number of carbonyl (C=O) groups is 1. The second kappa shape index (κ2) is 6.20. The molecule has 19 heavy (non-hydrogen) atoms. The van der Waals surface area contributed by atoms with E-state index in [1.54, 1.807) is 0 Å². The average molecular weight is 269 g/mol. The van der Waals surface area contributed by atoms with E-state index in [9.17, 15) is 9.90 Å². The van der Waals surface area contributed by atoms with Gasteiger partial charge in [-0.25, -0.2) is 5.84 Å². The summed E-state index contributed by atoms with van der Waals surface area (Å²) in [7, 11) is 0. The number of fused-ring (bicyclic) bond motifs is 1. The number of rotatable bonds is 4. The number of hydrogen-bond donors (Lipinski definition) is 3. The Morgan fingerprint density at radius 1 is 1.53 bits per heavy atom. The predicted molar refractivity (Wildman–Crippen MR) is 74.1 cm³/mol. The molecule has 4 N–H and O–H groups in total. The Morgan fingerprint density at radius 2 is 2.32 bits per heavy atom. The van der Waals surface area contributed by atoms with Gasteiger partial charge in [-0.05, 0) is 25.7 Å². The number of carbonyl (C=O) groups excluding carboxylic acids is 1. The van der Waals surface area contributed by atoms with Crippen LogP contribution in [0, 0.1) is 5.92 Å². The molecule has 5 nitrogen and oxygen atoms in total. The van der Waals surface area contributed by atoms with Crippen LogP contribution in [0.4, 0.5) is 0 Å². The minimum absolute atomic E-state index is 0.0944. The average Bonchev–Trinajstić information content (AvgIpc) is 2.43. The first-order valence-electron chi connectivity index (χ1n) is 7.57. The van der Waals surface area contributed by atoms with E-state index >= 15 is 0 Å². The molecule has 3 unspecified atom stereocenters. The minimum Gasteiger partial charge on any atom is -0.390 e. The first kappa shape index (κ1) is 14.8. The minimum atomic E-state index is -0.481. The quantitative estimate of drug-likeness (QED) is 0.400. The number of nitrogens with zero attached hydrogens (tertiary/aromatic N) is 1. The van der Waals surface area contributed by atoms with E-state index in [0.29, 0.717) is 5.92 Å². The van der Waals surface area contributed by atoms with Crippen LogP contribution in [0.1, 0.15) is 51.9 Å². The monoisotopic (exact) mass is 269 g/mol. The first-order valence-corrected chi connectivity index (χ1v) is 7.57. The van der Waals surface area contributed by atoms with Gasteiger partial charge in [-0.15, -0.1) is 0 Å². The fraction of sp³-hybridized carbons (Fsp3) is 0.929. The van der Waals surface area contributed by atoms with Crippen molar-refractivity contribution < 1.29 is 9.90 Å². The van der Waals surface area contributed by atoms with Gasteiger partial charge in [0.2, 0.25) is 0 Å². The topological polar surface area (TPSA) is 78.6 Å². The Bertz CT molecular complexity index is 324. The van der Waals surface area contributed by atoms with Gasteiger partial charge < -0.3 is 5.11 Å². The largest absolute Gasteiger partial charge is 0.390 e. The SMILES string of the molecule is CCCC(C(=O)NN)N1CCC2(O)CCCCC2C1. The lowest BCUT2D eigenvalue weighted by Crippen LogP contribution is -2.58. The molecule has 2 fully saturated rings. The van der Waals surface area contributed by atoms with Crippen molar-refractivity contribution >= 4 is 5.91 Å². The lowest BCUT2D eigenvalue weighted by atomic mass is 9.71. The number of nitrogens with two attached hydrogens (primary N) is 1. The summed E-state index contributed by atoms with van der Waals surface area (Å²) in [6.07, 6.45) is 6.91. The van der Waals surface area contributed by atoms with Gasteiger partial charge in [0.1, 0.15) is 0 Å². The van der Waals surface area contributed by atoms with Gasteiger partial charge in [0.15, 0.2) is 0 Å². The third-order valence-corrected chi connectivity index (χ3v) is 4.91. The zero-order valence-electron chi connectivity index (χ0n) is 11.9. The van der Waals surface area contributed by atoms with Gasteiger partial charge in [0.25, 0.3) is 5.91 Å². The first-order chi connectivity index (χ1) is 9.10. The van der Waals surface area contributed by atoms with Gasteiger partial charge in [-0.1, -0.05) is 26.2 Å². The summed E-state index contributed by atoms with van der Waals surface area (Å²) >= 11 is 0. The maximum absolute atomic E-state index is 11.9. The van der Waals surface area contributed by atoms with Crippen molar-refractivity contribution in [3.8, 4) is 0 Å². The number of piperidine rings is 1. The number of hydrogen-bond acceptors (Lipinski definition) is 4. The highest BCUT2D eigenvalue weighted by atomic mass is 16.3. The Hall–Kier alpha value is -0.650. The molecule has 110 valence electrons. The Labute approximate surface area is 115 Å². The van der Waals surface area contributed by atoms with E-state index in [-0.39, 0.29) is 11.9 Å². The van der Waals surface area contributed by atoms with E-state index in [1.165, 1.54) is 6.42 Å². The van der Waals surface area contributed by atoms with Crippen LogP contribution in [0.2, 0.25) is 0 Å². The van der Waals surface area contributed by atoms with Gasteiger partial charge in [0.05, 0.1) is 11.6 Å².